The van der Waals surface area contributed by atoms with Crippen LogP contribution in [0.1, 0.15) is 13.8 Å². The highest BCUT2D eigenvalue weighted by atomic mass is 32.2. The summed E-state index contributed by atoms with van der Waals surface area (Å²) in [6.07, 6.45) is 2.73. The van der Waals surface area contributed by atoms with Crippen molar-refractivity contribution < 1.29 is 17.9 Å². The van der Waals surface area contributed by atoms with Crippen LogP contribution >= 0.6 is 12.2 Å². The molecule has 11 heteroatoms. The maximum Gasteiger partial charge on any atom is 0.263 e. The van der Waals surface area contributed by atoms with Gasteiger partial charge in [0.25, 0.3) is 15.9 Å². The number of amides is 1. The second-order valence-electron chi connectivity index (χ2n) is 5.64. The van der Waals surface area contributed by atoms with Gasteiger partial charge in [-0.1, -0.05) is 13.8 Å². The molecule has 0 aliphatic carbocycles. The van der Waals surface area contributed by atoms with Gasteiger partial charge in [-0.3, -0.25) is 9.52 Å². The maximum absolute atomic E-state index is 12.5. The first kappa shape index (κ1) is 20.5. The number of anilines is 2. The average Bonchev–Trinajstić information content (AvgIpc) is 2.62. The number of rotatable bonds is 6. The Labute approximate surface area is 162 Å². The molecule has 144 valence electrons. The highest BCUT2D eigenvalue weighted by Gasteiger charge is 2.18. The molecule has 2 aromatic rings. The molecular formula is C16H19N5O4S2. The molecule has 0 aliphatic heterocycles. The Kier molecular flexibility index (Phi) is 6.64. The lowest BCUT2D eigenvalue weighted by Crippen LogP contribution is -2.36. The number of nitrogens with one attached hydrogen (secondary N) is 3. The van der Waals surface area contributed by atoms with E-state index in [2.05, 4.69) is 25.3 Å². The molecule has 0 atom stereocenters. The topological polar surface area (TPSA) is 122 Å². The summed E-state index contributed by atoms with van der Waals surface area (Å²) in [5.74, 6) is -0.374. The molecule has 0 fully saturated rings. The van der Waals surface area contributed by atoms with E-state index in [1.807, 2.05) is 0 Å². The number of methoxy groups -OCH3 is 1. The monoisotopic (exact) mass is 409 g/mol. The van der Waals surface area contributed by atoms with Crippen LogP contribution in [0.15, 0.2) is 41.6 Å². The Bertz CT molecular complexity index is 930. The number of carbonyl (C=O) groups is 1. The number of benzene rings is 1. The summed E-state index contributed by atoms with van der Waals surface area (Å²) in [7, 11) is -2.52. The summed E-state index contributed by atoms with van der Waals surface area (Å²) < 4.78 is 32.3. The van der Waals surface area contributed by atoms with Crippen molar-refractivity contribution >= 4 is 44.8 Å². The maximum atomic E-state index is 12.5. The van der Waals surface area contributed by atoms with Crippen LogP contribution in [0, 0.1) is 5.92 Å². The highest BCUT2D eigenvalue weighted by Crippen LogP contribution is 2.22. The lowest BCUT2D eigenvalue weighted by molar-refractivity contribution is -0.122. The zero-order chi connectivity index (χ0) is 20.0. The fraction of sp³-hybridized carbons (Fsp3) is 0.250. The molecule has 1 aromatic heterocycles. The number of hydrogen-bond donors (Lipinski definition) is 3. The third-order valence-corrected chi connectivity index (χ3v) is 4.83. The minimum absolute atomic E-state index is 0.0119. The first-order chi connectivity index (χ1) is 12.7. The van der Waals surface area contributed by atoms with Gasteiger partial charge in [0.2, 0.25) is 11.7 Å². The predicted molar refractivity (Wildman–Crippen MR) is 105 cm³/mol. The molecule has 0 saturated heterocycles. The summed E-state index contributed by atoms with van der Waals surface area (Å²) >= 11 is 5.05. The second kappa shape index (κ2) is 8.73. The molecule has 0 spiro atoms. The van der Waals surface area contributed by atoms with Crippen molar-refractivity contribution in [2.75, 3.05) is 17.1 Å². The van der Waals surface area contributed by atoms with E-state index in [1.54, 1.807) is 13.8 Å². The fourth-order valence-corrected chi connectivity index (χ4v) is 3.09. The molecule has 1 aromatic carbocycles. The highest BCUT2D eigenvalue weighted by molar-refractivity contribution is 7.92. The standard InChI is InChI=1S/C16H19N5O4S2/c1-10(2)14(22)20-16(26)19-11-4-6-12(7-5-11)27(23,24)21-13-15(25-3)18-9-8-17-13/h4-10H,1-3H3,(H,17,21)(H2,19,20,22,26). The third-order valence-electron chi connectivity index (χ3n) is 3.27. The number of thiocarbonyl (C=S) groups is 1. The number of aromatic nitrogens is 2. The van der Waals surface area contributed by atoms with Crippen molar-refractivity contribution in [2.24, 2.45) is 5.92 Å². The van der Waals surface area contributed by atoms with E-state index in [-0.39, 0.29) is 33.5 Å². The zero-order valence-corrected chi connectivity index (χ0v) is 16.5. The van der Waals surface area contributed by atoms with Gasteiger partial charge in [-0.05, 0) is 36.5 Å². The molecule has 9 nitrogen and oxygen atoms in total. The number of hydrogen-bond acceptors (Lipinski definition) is 7. The SMILES string of the molecule is COc1nccnc1NS(=O)(=O)c1ccc(NC(=S)NC(=O)C(C)C)cc1. The molecule has 0 bridgehead atoms. The van der Waals surface area contributed by atoms with E-state index in [9.17, 15) is 13.2 Å². The van der Waals surface area contributed by atoms with Crippen molar-refractivity contribution in [1.29, 1.82) is 0 Å². The normalized spacial score (nSPS) is 11.0. The lowest BCUT2D eigenvalue weighted by atomic mass is 10.2. The summed E-state index contributed by atoms with van der Waals surface area (Å²) in [4.78, 5) is 19.4. The van der Waals surface area contributed by atoms with E-state index < -0.39 is 10.0 Å². The van der Waals surface area contributed by atoms with Crippen LogP contribution in [0.2, 0.25) is 0 Å². The van der Waals surface area contributed by atoms with Gasteiger partial charge < -0.3 is 15.4 Å². The Hall–Kier alpha value is -2.79. The minimum Gasteiger partial charge on any atom is -0.478 e. The smallest absolute Gasteiger partial charge is 0.263 e. The predicted octanol–water partition coefficient (Wildman–Crippen LogP) is 1.75. The Morgan fingerprint density at radius 3 is 2.37 bits per heavy atom. The zero-order valence-electron chi connectivity index (χ0n) is 14.9. The van der Waals surface area contributed by atoms with Gasteiger partial charge in [-0.2, -0.15) is 0 Å². The van der Waals surface area contributed by atoms with Crippen LogP contribution in [-0.4, -0.2) is 36.5 Å². The van der Waals surface area contributed by atoms with Crippen LogP contribution in [-0.2, 0) is 14.8 Å². The van der Waals surface area contributed by atoms with Crippen molar-refractivity contribution in [3.05, 3.63) is 36.7 Å². The fourth-order valence-electron chi connectivity index (χ4n) is 1.87. The van der Waals surface area contributed by atoms with Crippen LogP contribution in [0.4, 0.5) is 11.5 Å². The van der Waals surface area contributed by atoms with Gasteiger partial charge in [-0.25, -0.2) is 18.4 Å². The first-order valence-corrected chi connectivity index (χ1v) is 9.72. The third kappa shape index (κ3) is 5.59. The van der Waals surface area contributed by atoms with Gasteiger partial charge >= 0.3 is 0 Å². The van der Waals surface area contributed by atoms with E-state index in [0.29, 0.717) is 5.69 Å². The summed E-state index contributed by atoms with van der Waals surface area (Å²) in [6.45, 7) is 3.49. The average molecular weight is 409 g/mol. The minimum atomic E-state index is -3.88. The number of ether oxygens (including phenoxy) is 1. The van der Waals surface area contributed by atoms with Crippen LogP contribution < -0.4 is 20.1 Å². The molecular weight excluding hydrogens is 390 g/mol. The Morgan fingerprint density at radius 2 is 1.78 bits per heavy atom. The number of carbonyl (C=O) groups excluding carboxylic acids is 1. The number of nitrogens with zero attached hydrogens (tertiary/aromatic N) is 2. The molecule has 0 saturated carbocycles. The summed E-state index contributed by atoms with van der Waals surface area (Å²) in [5, 5.41) is 5.49. The van der Waals surface area contributed by atoms with Crippen molar-refractivity contribution in [1.82, 2.24) is 15.3 Å². The number of sulfonamides is 1. The van der Waals surface area contributed by atoms with Crippen molar-refractivity contribution in [3.8, 4) is 5.88 Å². The van der Waals surface area contributed by atoms with Gasteiger partial charge in [0.15, 0.2) is 5.11 Å². The van der Waals surface area contributed by atoms with E-state index in [1.165, 1.54) is 43.8 Å². The van der Waals surface area contributed by atoms with Crippen LogP contribution in [0.25, 0.3) is 0 Å². The summed E-state index contributed by atoms with van der Waals surface area (Å²) in [6, 6.07) is 5.83. The van der Waals surface area contributed by atoms with Gasteiger partial charge in [0.1, 0.15) is 0 Å². The quantitative estimate of drug-likeness (QED) is 0.617. The van der Waals surface area contributed by atoms with Gasteiger partial charge in [0, 0.05) is 24.0 Å². The van der Waals surface area contributed by atoms with E-state index in [0.717, 1.165) is 0 Å². The molecule has 0 unspecified atom stereocenters. The second-order valence-corrected chi connectivity index (χ2v) is 7.73. The largest absolute Gasteiger partial charge is 0.478 e. The lowest BCUT2D eigenvalue weighted by Gasteiger charge is -2.12. The Morgan fingerprint density at radius 1 is 1.15 bits per heavy atom. The van der Waals surface area contributed by atoms with Crippen molar-refractivity contribution in [3.63, 3.8) is 0 Å². The van der Waals surface area contributed by atoms with E-state index >= 15 is 0 Å². The molecule has 3 N–H and O–H groups in total. The van der Waals surface area contributed by atoms with Crippen molar-refractivity contribution in [2.45, 2.75) is 18.7 Å². The van der Waals surface area contributed by atoms with Gasteiger partial charge in [0.05, 0.1) is 12.0 Å². The molecule has 0 aliphatic rings. The first-order valence-electron chi connectivity index (χ1n) is 7.82. The van der Waals surface area contributed by atoms with E-state index in [4.69, 9.17) is 17.0 Å². The van der Waals surface area contributed by atoms with Crippen LogP contribution in [0.3, 0.4) is 0 Å². The molecule has 2 rings (SSSR count). The molecule has 1 heterocycles. The summed E-state index contributed by atoms with van der Waals surface area (Å²) in [5.41, 5.74) is 0.528. The Balaban J connectivity index is 2.09. The van der Waals surface area contributed by atoms with Crippen LogP contribution in [0.5, 0.6) is 5.88 Å². The molecule has 0 radical (unpaired) electrons. The van der Waals surface area contributed by atoms with Gasteiger partial charge in [-0.15, -0.1) is 0 Å². The molecule has 1 amide bonds. The molecule has 27 heavy (non-hydrogen) atoms.